The monoisotopic (exact) mass is 323 g/mol. The Morgan fingerprint density at radius 3 is 3.05 bits per heavy atom. The number of rotatable bonds is 6. The van der Waals surface area contributed by atoms with Crippen LogP contribution < -0.4 is 10.1 Å². The van der Waals surface area contributed by atoms with Gasteiger partial charge in [-0.15, -0.1) is 0 Å². The highest BCUT2D eigenvalue weighted by Crippen LogP contribution is 2.30. The summed E-state index contributed by atoms with van der Waals surface area (Å²) in [5.41, 5.74) is 1.13. The number of ether oxygens (including phenoxy) is 1. The summed E-state index contributed by atoms with van der Waals surface area (Å²) >= 11 is 3.52. The third kappa shape index (κ3) is 3.33. The molecule has 5 nitrogen and oxygen atoms in total. The van der Waals surface area contributed by atoms with Crippen LogP contribution in [0.1, 0.15) is 24.2 Å². The molecule has 0 saturated heterocycles. The van der Waals surface area contributed by atoms with E-state index in [0.29, 0.717) is 18.5 Å². The summed E-state index contributed by atoms with van der Waals surface area (Å²) in [6.45, 7) is 1.11. The van der Waals surface area contributed by atoms with Crippen LogP contribution in [-0.2, 0) is 13.2 Å². The van der Waals surface area contributed by atoms with Crippen molar-refractivity contribution in [3.8, 4) is 5.75 Å². The largest absolute Gasteiger partial charge is 0.484 e. The maximum atomic E-state index is 5.79. The van der Waals surface area contributed by atoms with Crippen molar-refractivity contribution in [3.63, 3.8) is 0 Å². The molecule has 0 radical (unpaired) electrons. The molecule has 100 valence electrons. The minimum atomic E-state index is 0.301. The molecule has 3 rings (SSSR count). The van der Waals surface area contributed by atoms with E-state index in [1.54, 1.807) is 0 Å². The zero-order valence-electron chi connectivity index (χ0n) is 10.3. The molecule has 1 heterocycles. The van der Waals surface area contributed by atoms with Gasteiger partial charge < -0.3 is 14.6 Å². The smallest absolute Gasteiger partial charge is 0.213 e. The molecule has 0 unspecified atom stereocenters. The molecule has 1 aromatic carbocycles. The Morgan fingerprint density at radius 2 is 2.32 bits per heavy atom. The van der Waals surface area contributed by atoms with Gasteiger partial charge in [-0.3, -0.25) is 0 Å². The molecule has 19 heavy (non-hydrogen) atoms. The van der Waals surface area contributed by atoms with Gasteiger partial charge >= 0.3 is 0 Å². The van der Waals surface area contributed by atoms with Crippen molar-refractivity contribution in [2.45, 2.75) is 32.0 Å². The molecule has 1 saturated carbocycles. The van der Waals surface area contributed by atoms with Gasteiger partial charge in [-0.05, 0) is 34.8 Å². The Labute approximate surface area is 119 Å². The number of benzene rings is 1. The van der Waals surface area contributed by atoms with E-state index in [0.717, 1.165) is 22.3 Å². The SMILES string of the molecule is Brc1cccc(CNC2CC2)c1OCc1ncon1. The van der Waals surface area contributed by atoms with E-state index in [4.69, 9.17) is 4.74 Å². The van der Waals surface area contributed by atoms with Crippen LogP contribution in [-0.4, -0.2) is 16.2 Å². The minimum Gasteiger partial charge on any atom is -0.484 e. The lowest BCUT2D eigenvalue weighted by Crippen LogP contribution is -2.16. The lowest BCUT2D eigenvalue weighted by molar-refractivity contribution is 0.281. The molecule has 1 aliphatic rings. The van der Waals surface area contributed by atoms with E-state index in [9.17, 15) is 0 Å². The summed E-state index contributed by atoms with van der Waals surface area (Å²) in [6.07, 6.45) is 3.84. The number of nitrogens with one attached hydrogen (secondary N) is 1. The minimum absolute atomic E-state index is 0.301. The number of para-hydroxylation sites is 1. The van der Waals surface area contributed by atoms with E-state index >= 15 is 0 Å². The van der Waals surface area contributed by atoms with Crippen LogP contribution in [0.2, 0.25) is 0 Å². The van der Waals surface area contributed by atoms with Gasteiger partial charge in [0.2, 0.25) is 12.2 Å². The Kier molecular flexibility index (Phi) is 3.79. The van der Waals surface area contributed by atoms with E-state index < -0.39 is 0 Å². The average molecular weight is 324 g/mol. The Morgan fingerprint density at radius 1 is 1.42 bits per heavy atom. The van der Waals surface area contributed by atoms with Crippen LogP contribution >= 0.6 is 15.9 Å². The maximum Gasteiger partial charge on any atom is 0.213 e. The normalized spacial score (nSPS) is 14.6. The number of halogens is 1. The Bertz CT molecular complexity index is 541. The first-order valence-electron chi connectivity index (χ1n) is 6.22. The van der Waals surface area contributed by atoms with Crippen molar-refractivity contribution < 1.29 is 9.26 Å². The first kappa shape index (κ1) is 12.6. The van der Waals surface area contributed by atoms with Crippen molar-refractivity contribution >= 4 is 15.9 Å². The first-order valence-corrected chi connectivity index (χ1v) is 7.01. The number of hydrogen-bond acceptors (Lipinski definition) is 5. The molecule has 2 aromatic rings. The van der Waals surface area contributed by atoms with Crippen LogP contribution in [0.5, 0.6) is 5.75 Å². The van der Waals surface area contributed by atoms with Crippen LogP contribution in [0.25, 0.3) is 0 Å². The maximum absolute atomic E-state index is 5.79. The topological polar surface area (TPSA) is 60.2 Å². The predicted octanol–water partition coefficient (Wildman–Crippen LogP) is 2.66. The van der Waals surface area contributed by atoms with Crippen molar-refractivity contribution in [2.75, 3.05) is 0 Å². The van der Waals surface area contributed by atoms with Gasteiger partial charge in [-0.25, -0.2) is 0 Å². The van der Waals surface area contributed by atoms with Gasteiger partial charge in [-0.1, -0.05) is 17.3 Å². The van der Waals surface area contributed by atoms with Gasteiger partial charge in [0.1, 0.15) is 5.75 Å². The number of aromatic nitrogens is 2. The second-order valence-corrected chi connectivity index (χ2v) is 5.37. The fourth-order valence-corrected chi connectivity index (χ4v) is 2.31. The molecule has 6 heteroatoms. The summed E-state index contributed by atoms with van der Waals surface area (Å²) in [4.78, 5) is 3.94. The predicted molar refractivity (Wildman–Crippen MR) is 72.6 cm³/mol. The van der Waals surface area contributed by atoms with Crippen LogP contribution in [0, 0.1) is 0 Å². The molecular formula is C13H14BrN3O2. The number of hydrogen-bond donors (Lipinski definition) is 1. The zero-order chi connectivity index (χ0) is 13.1. The van der Waals surface area contributed by atoms with Gasteiger partial charge in [-0.2, -0.15) is 4.98 Å². The molecule has 0 bridgehead atoms. The molecular weight excluding hydrogens is 310 g/mol. The lowest BCUT2D eigenvalue weighted by atomic mass is 10.2. The molecule has 1 fully saturated rings. The van der Waals surface area contributed by atoms with E-state index in [2.05, 4.69) is 42.0 Å². The van der Waals surface area contributed by atoms with E-state index in [1.807, 2.05) is 12.1 Å². The van der Waals surface area contributed by atoms with Gasteiger partial charge in [0.05, 0.1) is 4.47 Å². The molecule has 0 atom stereocenters. The molecule has 1 aliphatic carbocycles. The fraction of sp³-hybridized carbons (Fsp3) is 0.385. The van der Waals surface area contributed by atoms with E-state index in [1.165, 1.54) is 19.2 Å². The highest BCUT2D eigenvalue weighted by molar-refractivity contribution is 9.10. The van der Waals surface area contributed by atoms with Gasteiger partial charge in [0.25, 0.3) is 0 Å². The van der Waals surface area contributed by atoms with Crippen molar-refractivity contribution in [1.82, 2.24) is 15.5 Å². The van der Waals surface area contributed by atoms with Crippen LogP contribution in [0.3, 0.4) is 0 Å². The van der Waals surface area contributed by atoms with Crippen molar-refractivity contribution in [3.05, 3.63) is 40.5 Å². The van der Waals surface area contributed by atoms with Crippen LogP contribution in [0.15, 0.2) is 33.6 Å². The Hall–Kier alpha value is -1.40. The summed E-state index contributed by atoms with van der Waals surface area (Å²) in [7, 11) is 0. The average Bonchev–Trinajstić information content (AvgIpc) is 3.10. The second kappa shape index (κ2) is 5.71. The molecule has 1 N–H and O–H groups in total. The first-order chi connectivity index (χ1) is 9.33. The summed E-state index contributed by atoms with van der Waals surface area (Å²) in [5.74, 6) is 1.37. The molecule has 0 aliphatic heterocycles. The highest BCUT2D eigenvalue weighted by atomic mass is 79.9. The lowest BCUT2D eigenvalue weighted by Gasteiger charge is -2.12. The molecule has 0 spiro atoms. The van der Waals surface area contributed by atoms with Gasteiger partial charge in [0, 0.05) is 18.2 Å². The number of nitrogens with zero attached hydrogens (tertiary/aromatic N) is 2. The summed E-state index contributed by atoms with van der Waals surface area (Å²) in [5, 5.41) is 7.22. The second-order valence-electron chi connectivity index (χ2n) is 4.52. The zero-order valence-corrected chi connectivity index (χ0v) is 11.9. The van der Waals surface area contributed by atoms with Crippen molar-refractivity contribution in [1.29, 1.82) is 0 Å². The standard InChI is InChI=1S/C13H14BrN3O2/c14-11-3-1-2-9(6-15-10-4-5-10)13(11)18-7-12-16-8-19-17-12/h1-3,8,10,15H,4-7H2. The quantitative estimate of drug-likeness (QED) is 0.885. The highest BCUT2D eigenvalue weighted by Gasteiger charge is 2.21. The third-order valence-corrected chi connectivity index (χ3v) is 3.58. The molecule has 0 amide bonds. The van der Waals surface area contributed by atoms with Crippen molar-refractivity contribution in [2.24, 2.45) is 0 Å². The van der Waals surface area contributed by atoms with Crippen LogP contribution in [0.4, 0.5) is 0 Å². The van der Waals surface area contributed by atoms with Gasteiger partial charge in [0.15, 0.2) is 6.61 Å². The Balaban J connectivity index is 1.69. The fourth-order valence-electron chi connectivity index (χ4n) is 1.79. The summed E-state index contributed by atoms with van der Waals surface area (Å²) in [6, 6.07) is 6.71. The molecule has 1 aromatic heterocycles. The van der Waals surface area contributed by atoms with E-state index in [-0.39, 0.29) is 0 Å². The summed E-state index contributed by atoms with van der Waals surface area (Å²) < 4.78 is 11.4. The third-order valence-electron chi connectivity index (χ3n) is 2.96.